The summed E-state index contributed by atoms with van der Waals surface area (Å²) in [6.07, 6.45) is 1.20. The van der Waals surface area contributed by atoms with Crippen LogP contribution in [0.15, 0.2) is 0 Å². The quantitative estimate of drug-likeness (QED) is 0.392. The zero-order valence-electron chi connectivity index (χ0n) is 7.58. The summed E-state index contributed by atoms with van der Waals surface area (Å²) in [4.78, 5) is 10.9. The summed E-state index contributed by atoms with van der Waals surface area (Å²) in [6, 6.07) is 0. The fraction of sp³-hybridized carbons (Fsp3) is 0.875. The van der Waals surface area contributed by atoms with Crippen molar-refractivity contribution in [2.45, 2.75) is 32.8 Å². The van der Waals surface area contributed by atoms with Gasteiger partial charge in [0.25, 0.3) is 0 Å². The molecule has 0 spiro atoms. The summed E-state index contributed by atoms with van der Waals surface area (Å²) in [7, 11) is 0. The minimum Gasteiger partial charge on any atom is -0.463 e. The van der Waals surface area contributed by atoms with Gasteiger partial charge in [0.05, 0.1) is 12.0 Å². The monoisotopic (exact) mass is 192 g/mol. The summed E-state index contributed by atoms with van der Waals surface area (Å²) >= 11 is 1.42. The van der Waals surface area contributed by atoms with Gasteiger partial charge in [0.15, 0.2) is 0 Å². The van der Waals surface area contributed by atoms with Crippen molar-refractivity contribution < 1.29 is 14.6 Å². The standard InChI is InChI=1S/C8H16O3S/c1-7(2)11-8(10)4-3-5-12-6-9/h7,9H,3-6H2,1-2H3. The Labute approximate surface area is 77.5 Å². The molecule has 0 amide bonds. The molecule has 72 valence electrons. The Kier molecular flexibility index (Phi) is 7.29. The van der Waals surface area contributed by atoms with Crippen molar-refractivity contribution in [1.82, 2.24) is 0 Å². The molecule has 0 aliphatic heterocycles. The molecule has 0 aromatic heterocycles. The highest BCUT2D eigenvalue weighted by atomic mass is 32.2. The lowest BCUT2D eigenvalue weighted by Gasteiger charge is -2.06. The van der Waals surface area contributed by atoms with E-state index in [-0.39, 0.29) is 18.0 Å². The van der Waals surface area contributed by atoms with Crippen LogP contribution in [0.1, 0.15) is 26.7 Å². The first-order valence-corrected chi connectivity index (χ1v) is 5.20. The van der Waals surface area contributed by atoms with E-state index in [0.717, 1.165) is 12.2 Å². The van der Waals surface area contributed by atoms with Crippen LogP contribution in [0.25, 0.3) is 0 Å². The topological polar surface area (TPSA) is 46.5 Å². The van der Waals surface area contributed by atoms with Crippen molar-refractivity contribution in [2.24, 2.45) is 0 Å². The fourth-order valence-electron chi connectivity index (χ4n) is 0.705. The number of hydrogen-bond acceptors (Lipinski definition) is 4. The van der Waals surface area contributed by atoms with E-state index >= 15 is 0 Å². The van der Waals surface area contributed by atoms with Gasteiger partial charge in [-0.1, -0.05) is 0 Å². The van der Waals surface area contributed by atoms with Crippen molar-refractivity contribution in [1.29, 1.82) is 0 Å². The van der Waals surface area contributed by atoms with Gasteiger partial charge < -0.3 is 9.84 Å². The Morgan fingerprint density at radius 2 is 2.25 bits per heavy atom. The average Bonchev–Trinajstić information content (AvgIpc) is 1.97. The van der Waals surface area contributed by atoms with Crippen LogP contribution in [-0.4, -0.2) is 28.9 Å². The molecule has 0 saturated heterocycles. The summed E-state index contributed by atoms with van der Waals surface area (Å²) in [5.41, 5.74) is 0. The molecule has 12 heavy (non-hydrogen) atoms. The van der Waals surface area contributed by atoms with Gasteiger partial charge in [-0.3, -0.25) is 4.79 Å². The molecule has 4 heteroatoms. The maximum atomic E-state index is 10.9. The highest BCUT2D eigenvalue weighted by molar-refractivity contribution is 7.99. The van der Waals surface area contributed by atoms with Crippen LogP contribution in [0, 0.1) is 0 Å². The van der Waals surface area contributed by atoms with Crippen LogP contribution < -0.4 is 0 Å². The maximum absolute atomic E-state index is 10.9. The van der Waals surface area contributed by atoms with Crippen LogP contribution >= 0.6 is 11.8 Å². The number of ether oxygens (including phenoxy) is 1. The van der Waals surface area contributed by atoms with E-state index in [2.05, 4.69) is 0 Å². The third kappa shape index (κ3) is 7.88. The molecule has 0 fully saturated rings. The minimum absolute atomic E-state index is 0.0250. The number of hydrogen-bond donors (Lipinski definition) is 1. The van der Waals surface area contributed by atoms with Gasteiger partial charge in [0, 0.05) is 6.42 Å². The minimum atomic E-state index is -0.150. The molecule has 0 atom stereocenters. The second-order valence-electron chi connectivity index (χ2n) is 2.68. The normalized spacial score (nSPS) is 10.3. The number of aliphatic hydroxyl groups excluding tert-OH is 1. The zero-order valence-corrected chi connectivity index (χ0v) is 8.39. The van der Waals surface area contributed by atoms with Gasteiger partial charge in [0.2, 0.25) is 0 Å². The third-order valence-electron chi connectivity index (χ3n) is 1.13. The first kappa shape index (κ1) is 11.8. The number of esters is 1. The first-order valence-electron chi connectivity index (χ1n) is 4.05. The SMILES string of the molecule is CC(C)OC(=O)CCCSCO. The van der Waals surface area contributed by atoms with Gasteiger partial charge >= 0.3 is 5.97 Å². The van der Waals surface area contributed by atoms with Crippen LogP contribution in [0.2, 0.25) is 0 Å². The number of thioether (sulfide) groups is 1. The van der Waals surface area contributed by atoms with Crippen LogP contribution in [0.5, 0.6) is 0 Å². The third-order valence-corrected chi connectivity index (χ3v) is 1.89. The van der Waals surface area contributed by atoms with E-state index in [1.54, 1.807) is 0 Å². The van der Waals surface area contributed by atoms with Gasteiger partial charge in [-0.05, 0) is 26.0 Å². The Hall–Kier alpha value is -0.220. The van der Waals surface area contributed by atoms with Gasteiger partial charge in [-0.15, -0.1) is 11.8 Å². The molecule has 0 rings (SSSR count). The van der Waals surface area contributed by atoms with Crippen molar-refractivity contribution in [3.8, 4) is 0 Å². The van der Waals surface area contributed by atoms with Crippen molar-refractivity contribution >= 4 is 17.7 Å². The molecule has 0 radical (unpaired) electrons. The molecule has 0 aromatic rings. The van der Waals surface area contributed by atoms with Crippen molar-refractivity contribution in [2.75, 3.05) is 11.7 Å². The molecular weight excluding hydrogens is 176 g/mol. The highest BCUT2D eigenvalue weighted by Gasteiger charge is 2.03. The maximum Gasteiger partial charge on any atom is 0.306 e. The molecule has 0 aliphatic rings. The number of carbonyl (C=O) groups is 1. The molecule has 0 aromatic carbocycles. The van der Waals surface area contributed by atoms with Crippen LogP contribution in [-0.2, 0) is 9.53 Å². The van der Waals surface area contributed by atoms with Gasteiger partial charge in [0.1, 0.15) is 0 Å². The van der Waals surface area contributed by atoms with E-state index in [1.165, 1.54) is 11.8 Å². The largest absolute Gasteiger partial charge is 0.463 e. The van der Waals surface area contributed by atoms with Crippen LogP contribution in [0.3, 0.4) is 0 Å². The Balaban J connectivity index is 3.20. The van der Waals surface area contributed by atoms with Crippen LogP contribution in [0.4, 0.5) is 0 Å². The van der Waals surface area contributed by atoms with E-state index in [0.29, 0.717) is 6.42 Å². The fourth-order valence-corrected chi connectivity index (χ4v) is 1.18. The number of aliphatic hydroxyl groups is 1. The predicted molar refractivity (Wildman–Crippen MR) is 50.0 cm³/mol. The van der Waals surface area contributed by atoms with E-state index < -0.39 is 0 Å². The molecule has 1 N–H and O–H groups in total. The first-order chi connectivity index (χ1) is 5.66. The van der Waals surface area contributed by atoms with Crippen molar-refractivity contribution in [3.05, 3.63) is 0 Å². The Morgan fingerprint density at radius 3 is 2.75 bits per heavy atom. The van der Waals surface area contributed by atoms with Crippen molar-refractivity contribution in [3.63, 3.8) is 0 Å². The predicted octanol–water partition coefficient (Wildman–Crippen LogP) is 1.40. The van der Waals surface area contributed by atoms with E-state index in [4.69, 9.17) is 9.84 Å². The molecule has 0 unspecified atom stereocenters. The van der Waals surface area contributed by atoms with Gasteiger partial charge in [-0.25, -0.2) is 0 Å². The molecule has 0 heterocycles. The summed E-state index contributed by atoms with van der Waals surface area (Å²) in [6.45, 7) is 3.67. The number of carbonyl (C=O) groups excluding carboxylic acids is 1. The lowest BCUT2D eigenvalue weighted by Crippen LogP contribution is -2.11. The van der Waals surface area contributed by atoms with E-state index in [1.807, 2.05) is 13.8 Å². The lowest BCUT2D eigenvalue weighted by atomic mass is 10.3. The highest BCUT2D eigenvalue weighted by Crippen LogP contribution is 2.04. The average molecular weight is 192 g/mol. The zero-order chi connectivity index (χ0) is 9.40. The summed E-state index contributed by atoms with van der Waals surface area (Å²) in [5, 5.41) is 8.42. The molecule has 0 bridgehead atoms. The van der Waals surface area contributed by atoms with Gasteiger partial charge in [-0.2, -0.15) is 0 Å². The molecule has 0 saturated carbocycles. The molecule has 0 aliphatic carbocycles. The Morgan fingerprint density at radius 1 is 1.58 bits per heavy atom. The van der Waals surface area contributed by atoms with E-state index in [9.17, 15) is 4.79 Å². The lowest BCUT2D eigenvalue weighted by molar-refractivity contribution is -0.147. The summed E-state index contributed by atoms with van der Waals surface area (Å²) in [5.74, 6) is 0.784. The second-order valence-corrected chi connectivity index (χ2v) is 3.75. The molecule has 3 nitrogen and oxygen atoms in total. The molecular formula is C8H16O3S. The summed E-state index contributed by atoms with van der Waals surface area (Å²) < 4.78 is 4.92. The number of rotatable bonds is 6. The smallest absolute Gasteiger partial charge is 0.306 e. The Bertz CT molecular complexity index is 125. The second kappa shape index (κ2) is 7.43.